The van der Waals surface area contributed by atoms with Gasteiger partial charge in [-0.3, -0.25) is 19.3 Å². The zero-order valence-electron chi connectivity index (χ0n) is 19.0. The Morgan fingerprint density at radius 3 is 2.70 bits per heavy atom. The SMILES string of the molecule is CC1CC(C)(C)N(C)c2ccc(/C=C3\SC(=O)N(CC(=O)Nc4ccccc4F)C3=O)cc21. The second-order valence-electron chi connectivity index (χ2n) is 9.09. The van der Waals surface area contributed by atoms with Gasteiger partial charge in [0.1, 0.15) is 12.4 Å². The summed E-state index contributed by atoms with van der Waals surface area (Å²) in [5.41, 5.74) is 3.25. The Bertz CT molecular complexity index is 1180. The average molecular weight is 468 g/mol. The van der Waals surface area contributed by atoms with Crippen molar-refractivity contribution in [3.8, 4) is 0 Å². The lowest BCUT2D eigenvalue weighted by molar-refractivity contribution is -0.127. The minimum absolute atomic E-state index is 0.00124. The maximum Gasteiger partial charge on any atom is 0.294 e. The van der Waals surface area contributed by atoms with E-state index in [4.69, 9.17) is 0 Å². The second kappa shape index (κ2) is 8.67. The van der Waals surface area contributed by atoms with Crippen LogP contribution in [0.15, 0.2) is 47.4 Å². The number of nitrogens with zero attached hydrogens (tertiary/aromatic N) is 2. The van der Waals surface area contributed by atoms with Crippen LogP contribution < -0.4 is 10.2 Å². The van der Waals surface area contributed by atoms with E-state index in [1.807, 2.05) is 12.1 Å². The summed E-state index contributed by atoms with van der Waals surface area (Å²) in [6.45, 7) is 6.16. The highest BCUT2D eigenvalue weighted by molar-refractivity contribution is 8.18. The van der Waals surface area contributed by atoms with Gasteiger partial charge in [-0.25, -0.2) is 4.39 Å². The van der Waals surface area contributed by atoms with E-state index < -0.39 is 29.4 Å². The molecule has 2 aromatic rings. The van der Waals surface area contributed by atoms with Crippen LogP contribution >= 0.6 is 11.8 Å². The van der Waals surface area contributed by atoms with Crippen molar-refractivity contribution >= 4 is 46.3 Å². The Balaban J connectivity index is 1.51. The fraction of sp³-hybridized carbons (Fsp3) is 0.320. The first-order chi connectivity index (χ1) is 15.6. The normalized spacial score (nSPS) is 20.9. The molecule has 6 nitrogen and oxygen atoms in total. The van der Waals surface area contributed by atoms with E-state index in [1.165, 1.54) is 23.8 Å². The predicted molar refractivity (Wildman–Crippen MR) is 130 cm³/mol. The Kier molecular flexibility index (Phi) is 6.05. The van der Waals surface area contributed by atoms with Gasteiger partial charge in [-0.15, -0.1) is 0 Å². The highest BCUT2D eigenvalue weighted by Crippen LogP contribution is 2.43. The lowest BCUT2D eigenvalue weighted by atomic mass is 9.80. The van der Waals surface area contributed by atoms with Gasteiger partial charge in [-0.1, -0.05) is 25.1 Å². The molecule has 8 heteroatoms. The minimum atomic E-state index is -0.642. The van der Waals surface area contributed by atoms with Crippen molar-refractivity contribution in [1.82, 2.24) is 4.90 Å². The van der Waals surface area contributed by atoms with Crippen LogP contribution in [-0.2, 0) is 9.59 Å². The number of hydrogen-bond acceptors (Lipinski definition) is 5. The van der Waals surface area contributed by atoms with E-state index in [9.17, 15) is 18.8 Å². The van der Waals surface area contributed by atoms with Gasteiger partial charge in [0.15, 0.2) is 0 Å². The number of hydrogen-bond donors (Lipinski definition) is 1. The van der Waals surface area contributed by atoms with Crippen molar-refractivity contribution in [2.45, 2.75) is 38.6 Å². The summed E-state index contributed by atoms with van der Waals surface area (Å²) in [4.78, 5) is 40.9. The van der Waals surface area contributed by atoms with Crippen LogP contribution in [0.25, 0.3) is 6.08 Å². The number of carbonyl (C=O) groups excluding carboxylic acids is 3. The van der Waals surface area contributed by atoms with Crippen molar-refractivity contribution in [1.29, 1.82) is 0 Å². The molecular weight excluding hydrogens is 441 g/mol. The van der Waals surface area contributed by atoms with Gasteiger partial charge in [0.05, 0.1) is 10.6 Å². The highest BCUT2D eigenvalue weighted by Gasteiger charge is 2.37. The molecule has 4 rings (SSSR count). The molecule has 2 heterocycles. The number of carbonyl (C=O) groups is 3. The number of amides is 3. The summed E-state index contributed by atoms with van der Waals surface area (Å²) >= 11 is 0.801. The molecule has 1 unspecified atom stereocenters. The Hall–Kier alpha value is -3.13. The van der Waals surface area contributed by atoms with Gasteiger partial charge in [0, 0.05) is 18.3 Å². The number of benzene rings is 2. The second-order valence-corrected chi connectivity index (χ2v) is 10.1. The third-order valence-electron chi connectivity index (χ3n) is 6.28. The van der Waals surface area contributed by atoms with Crippen LogP contribution in [0.5, 0.6) is 0 Å². The molecule has 33 heavy (non-hydrogen) atoms. The minimum Gasteiger partial charge on any atom is -0.369 e. The molecule has 1 fully saturated rings. The fourth-order valence-electron chi connectivity index (χ4n) is 4.37. The molecule has 0 spiro atoms. The van der Waals surface area contributed by atoms with Crippen LogP contribution in [-0.4, -0.2) is 41.1 Å². The standard InChI is InChI=1S/C25H26FN3O3S/c1-15-13-25(2,3)28(4)20-10-9-16(11-17(15)20)12-21-23(31)29(24(32)33-21)14-22(30)27-19-8-6-5-7-18(19)26/h5-12,15H,13-14H2,1-4H3,(H,27,30)/b21-12-. The zero-order valence-corrected chi connectivity index (χ0v) is 19.8. The predicted octanol–water partition coefficient (Wildman–Crippen LogP) is 5.22. The van der Waals surface area contributed by atoms with Crippen LogP contribution in [0.3, 0.4) is 0 Å². The molecule has 1 atom stereocenters. The maximum absolute atomic E-state index is 13.8. The number of halogens is 1. The van der Waals surface area contributed by atoms with Crippen molar-refractivity contribution in [2.24, 2.45) is 0 Å². The van der Waals surface area contributed by atoms with E-state index in [0.29, 0.717) is 5.92 Å². The molecule has 0 aliphatic carbocycles. The topological polar surface area (TPSA) is 69.7 Å². The zero-order chi connectivity index (χ0) is 23.9. The molecule has 1 N–H and O–H groups in total. The molecule has 0 aromatic heterocycles. The third-order valence-corrected chi connectivity index (χ3v) is 7.19. The van der Waals surface area contributed by atoms with Crippen LogP contribution in [0.4, 0.5) is 20.6 Å². The van der Waals surface area contributed by atoms with E-state index in [-0.39, 0.29) is 16.1 Å². The largest absolute Gasteiger partial charge is 0.369 e. The smallest absolute Gasteiger partial charge is 0.294 e. The summed E-state index contributed by atoms with van der Waals surface area (Å²) in [6.07, 6.45) is 2.69. The number of anilines is 2. The summed E-state index contributed by atoms with van der Waals surface area (Å²) < 4.78 is 13.8. The molecule has 172 valence electrons. The van der Waals surface area contributed by atoms with Crippen LogP contribution in [0.2, 0.25) is 0 Å². The summed E-state index contributed by atoms with van der Waals surface area (Å²) in [5, 5.41) is 1.87. The monoisotopic (exact) mass is 467 g/mol. The molecule has 0 saturated carbocycles. The van der Waals surface area contributed by atoms with E-state index in [0.717, 1.165) is 34.3 Å². The number of fused-ring (bicyclic) bond motifs is 1. The first kappa shape index (κ1) is 23.0. The summed E-state index contributed by atoms with van der Waals surface area (Å²) in [6, 6.07) is 11.8. The molecule has 2 aliphatic heterocycles. The van der Waals surface area contributed by atoms with Gasteiger partial charge in [0.25, 0.3) is 11.1 Å². The van der Waals surface area contributed by atoms with Crippen LogP contribution in [0, 0.1) is 5.82 Å². The molecule has 2 aromatic carbocycles. The Morgan fingerprint density at radius 1 is 1.24 bits per heavy atom. The molecule has 0 bridgehead atoms. The molecule has 2 aliphatic rings. The average Bonchev–Trinajstić information content (AvgIpc) is 3.01. The number of thioether (sulfide) groups is 1. The molecule has 3 amide bonds. The Morgan fingerprint density at radius 2 is 1.97 bits per heavy atom. The van der Waals surface area contributed by atoms with E-state index >= 15 is 0 Å². The van der Waals surface area contributed by atoms with E-state index in [2.05, 4.69) is 44.1 Å². The first-order valence-corrected chi connectivity index (χ1v) is 11.6. The number of para-hydroxylation sites is 1. The fourth-order valence-corrected chi connectivity index (χ4v) is 5.21. The number of nitrogens with one attached hydrogen (secondary N) is 1. The van der Waals surface area contributed by atoms with Crippen LogP contribution in [0.1, 0.15) is 44.2 Å². The van der Waals surface area contributed by atoms with Crippen molar-refractivity contribution in [2.75, 3.05) is 23.8 Å². The summed E-state index contributed by atoms with van der Waals surface area (Å²) in [5.74, 6) is -1.40. The van der Waals surface area contributed by atoms with Gasteiger partial charge >= 0.3 is 0 Å². The van der Waals surface area contributed by atoms with Gasteiger partial charge in [0.2, 0.25) is 5.91 Å². The number of rotatable bonds is 4. The van der Waals surface area contributed by atoms with Gasteiger partial charge in [-0.2, -0.15) is 0 Å². The number of imide groups is 1. The lowest BCUT2D eigenvalue weighted by Gasteiger charge is -2.45. The third kappa shape index (κ3) is 4.53. The van der Waals surface area contributed by atoms with Gasteiger partial charge < -0.3 is 10.2 Å². The molecular formula is C25H26FN3O3S. The quantitative estimate of drug-likeness (QED) is 0.624. The summed E-state index contributed by atoms with van der Waals surface area (Å²) in [7, 11) is 2.09. The van der Waals surface area contributed by atoms with Gasteiger partial charge in [-0.05, 0) is 79.4 Å². The first-order valence-electron chi connectivity index (χ1n) is 10.7. The lowest BCUT2D eigenvalue weighted by Crippen LogP contribution is -2.45. The van der Waals surface area contributed by atoms with Crippen molar-refractivity contribution in [3.05, 3.63) is 64.3 Å². The highest BCUT2D eigenvalue weighted by atomic mass is 32.2. The van der Waals surface area contributed by atoms with Crippen molar-refractivity contribution < 1.29 is 18.8 Å². The van der Waals surface area contributed by atoms with Crippen molar-refractivity contribution in [3.63, 3.8) is 0 Å². The van der Waals surface area contributed by atoms with E-state index in [1.54, 1.807) is 12.1 Å². The maximum atomic E-state index is 13.8. The molecule has 1 saturated heterocycles. The molecule has 0 radical (unpaired) electrons. The Labute approximate surface area is 196 Å².